The van der Waals surface area contributed by atoms with Crippen LogP contribution in [0, 0.1) is 0 Å². The van der Waals surface area contributed by atoms with Crippen LogP contribution in [0.2, 0.25) is 0 Å². The van der Waals surface area contributed by atoms with Gasteiger partial charge in [-0.25, -0.2) is 0 Å². The summed E-state index contributed by atoms with van der Waals surface area (Å²) in [5.74, 6) is 0. The van der Waals surface area contributed by atoms with Crippen LogP contribution in [0.15, 0.2) is 0 Å². The van der Waals surface area contributed by atoms with E-state index >= 15 is 0 Å². The van der Waals surface area contributed by atoms with Crippen molar-refractivity contribution in [2.45, 2.75) is 24.7 Å². The van der Waals surface area contributed by atoms with E-state index in [2.05, 4.69) is 41.7 Å². The maximum absolute atomic E-state index is 5.05. The van der Waals surface area contributed by atoms with Crippen LogP contribution in [-0.2, 0) is 4.74 Å². The van der Waals surface area contributed by atoms with Gasteiger partial charge in [0.15, 0.2) is 0 Å². The molecule has 2 nitrogen and oxygen atoms in total. The number of methoxy groups -OCH3 is 1. The normalized spacial score (nSPS) is 16.9. The summed E-state index contributed by atoms with van der Waals surface area (Å²) in [4.78, 5) is 2.83. The molecule has 2 unspecified atom stereocenters. The van der Waals surface area contributed by atoms with Crippen molar-refractivity contribution in [3.63, 3.8) is 0 Å². The smallest absolute Gasteiger partial charge is 0.0615 e. The van der Waals surface area contributed by atoms with E-state index in [9.17, 15) is 0 Å². The SMILES string of the molecule is COCC(C)N(C)CC(C)Br. The fraction of sp³-hybridized carbons (Fsp3) is 1.00. The van der Waals surface area contributed by atoms with Crippen molar-refractivity contribution in [3.8, 4) is 0 Å². The van der Waals surface area contributed by atoms with E-state index in [4.69, 9.17) is 4.74 Å². The Morgan fingerprint density at radius 1 is 1.45 bits per heavy atom. The molecule has 0 rings (SSSR count). The molecule has 0 aliphatic rings. The second-order valence-corrected chi connectivity index (χ2v) is 4.59. The summed E-state index contributed by atoms with van der Waals surface area (Å²) in [6, 6.07) is 0.500. The van der Waals surface area contributed by atoms with Gasteiger partial charge in [-0.1, -0.05) is 22.9 Å². The molecule has 0 aromatic rings. The molecule has 11 heavy (non-hydrogen) atoms. The van der Waals surface area contributed by atoms with Crippen LogP contribution in [0.25, 0.3) is 0 Å². The first-order valence-corrected chi connectivity index (χ1v) is 4.82. The van der Waals surface area contributed by atoms with Gasteiger partial charge >= 0.3 is 0 Å². The molecule has 0 saturated heterocycles. The van der Waals surface area contributed by atoms with E-state index in [1.54, 1.807) is 7.11 Å². The number of halogens is 1. The minimum atomic E-state index is 0.500. The van der Waals surface area contributed by atoms with Crippen LogP contribution < -0.4 is 0 Å². The maximum Gasteiger partial charge on any atom is 0.0615 e. The Balaban J connectivity index is 3.54. The third kappa shape index (κ3) is 5.65. The number of nitrogens with zero attached hydrogens (tertiary/aromatic N) is 1. The van der Waals surface area contributed by atoms with E-state index < -0.39 is 0 Å². The van der Waals surface area contributed by atoms with Crippen molar-refractivity contribution in [2.24, 2.45) is 0 Å². The van der Waals surface area contributed by atoms with E-state index in [0.29, 0.717) is 10.9 Å². The highest BCUT2D eigenvalue weighted by atomic mass is 79.9. The summed E-state index contributed by atoms with van der Waals surface area (Å²) in [6.45, 7) is 6.18. The number of hydrogen-bond acceptors (Lipinski definition) is 2. The molecule has 0 N–H and O–H groups in total. The number of rotatable bonds is 5. The molecule has 0 radical (unpaired) electrons. The van der Waals surface area contributed by atoms with E-state index in [1.807, 2.05) is 0 Å². The second-order valence-electron chi connectivity index (χ2n) is 3.02. The Kier molecular flexibility index (Phi) is 6.19. The number of alkyl halides is 1. The molecule has 0 aliphatic carbocycles. The zero-order chi connectivity index (χ0) is 8.85. The minimum absolute atomic E-state index is 0.500. The summed E-state index contributed by atoms with van der Waals surface area (Å²) >= 11 is 3.51. The van der Waals surface area contributed by atoms with Crippen LogP contribution in [0.5, 0.6) is 0 Å². The molecule has 0 amide bonds. The fourth-order valence-electron chi connectivity index (χ4n) is 0.945. The van der Waals surface area contributed by atoms with Gasteiger partial charge in [-0.15, -0.1) is 0 Å². The highest BCUT2D eigenvalue weighted by molar-refractivity contribution is 9.09. The Morgan fingerprint density at radius 2 is 2.00 bits per heavy atom. The van der Waals surface area contributed by atoms with Crippen LogP contribution >= 0.6 is 15.9 Å². The highest BCUT2D eigenvalue weighted by Crippen LogP contribution is 2.03. The van der Waals surface area contributed by atoms with Gasteiger partial charge in [0.05, 0.1) is 6.61 Å². The number of likely N-dealkylation sites (N-methyl/N-ethyl adjacent to an activating group) is 1. The van der Waals surface area contributed by atoms with Gasteiger partial charge in [0.2, 0.25) is 0 Å². The molecule has 0 aromatic heterocycles. The molecule has 3 heteroatoms. The van der Waals surface area contributed by atoms with E-state index in [-0.39, 0.29) is 0 Å². The second kappa shape index (κ2) is 5.98. The van der Waals surface area contributed by atoms with Gasteiger partial charge in [0, 0.05) is 24.5 Å². The largest absolute Gasteiger partial charge is 0.383 e. The van der Waals surface area contributed by atoms with Crippen LogP contribution in [-0.4, -0.2) is 43.1 Å². The van der Waals surface area contributed by atoms with Gasteiger partial charge in [0.25, 0.3) is 0 Å². The van der Waals surface area contributed by atoms with Gasteiger partial charge in [0.1, 0.15) is 0 Å². The molecule has 2 atom stereocenters. The van der Waals surface area contributed by atoms with Crippen molar-refractivity contribution in [1.29, 1.82) is 0 Å². The van der Waals surface area contributed by atoms with Crippen LogP contribution in [0.4, 0.5) is 0 Å². The molecule has 0 aliphatic heterocycles. The van der Waals surface area contributed by atoms with Crippen molar-refractivity contribution in [3.05, 3.63) is 0 Å². The molecule has 0 saturated carbocycles. The van der Waals surface area contributed by atoms with Gasteiger partial charge < -0.3 is 9.64 Å². The first-order chi connectivity index (χ1) is 5.07. The standard InChI is InChI=1S/C8H18BrNO/c1-7(9)5-10(3)8(2)6-11-4/h7-8H,5-6H2,1-4H3. The molecule has 68 valence electrons. The lowest BCUT2D eigenvalue weighted by molar-refractivity contribution is 0.117. The van der Waals surface area contributed by atoms with Crippen LogP contribution in [0.3, 0.4) is 0 Å². The molecule has 0 heterocycles. The first-order valence-electron chi connectivity index (χ1n) is 3.91. The summed E-state index contributed by atoms with van der Waals surface area (Å²) in [5, 5.41) is 0. The highest BCUT2D eigenvalue weighted by Gasteiger charge is 2.09. The lowest BCUT2D eigenvalue weighted by Gasteiger charge is -2.24. The Bertz CT molecular complexity index is 98.1. The molecular weight excluding hydrogens is 206 g/mol. The van der Waals surface area contributed by atoms with Crippen molar-refractivity contribution in [1.82, 2.24) is 4.90 Å². The lowest BCUT2D eigenvalue weighted by Crippen LogP contribution is -2.35. The fourth-order valence-corrected chi connectivity index (χ4v) is 1.40. The molecule has 0 aromatic carbocycles. The van der Waals surface area contributed by atoms with Gasteiger partial charge in [-0.2, -0.15) is 0 Å². The Hall–Kier alpha value is 0.400. The van der Waals surface area contributed by atoms with Crippen molar-refractivity contribution >= 4 is 15.9 Å². The minimum Gasteiger partial charge on any atom is -0.383 e. The number of hydrogen-bond donors (Lipinski definition) is 0. The monoisotopic (exact) mass is 223 g/mol. The lowest BCUT2D eigenvalue weighted by atomic mass is 10.3. The zero-order valence-corrected chi connectivity index (χ0v) is 9.39. The van der Waals surface area contributed by atoms with Crippen LogP contribution in [0.1, 0.15) is 13.8 Å². The third-order valence-electron chi connectivity index (χ3n) is 1.70. The summed E-state index contributed by atoms with van der Waals surface area (Å²) in [5.41, 5.74) is 0. The maximum atomic E-state index is 5.05. The summed E-state index contributed by atoms with van der Waals surface area (Å²) in [6.07, 6.45) is 0. The Labute approximate surface area is 78.0 Å². The average molecular weight is 224 g/mol. The molecule has 0 spiro atoms. The molecular formula is C8H18BrNO. The van der Waals surface area contributed by atoms with Gasteiger partial charge in [-0.3, -0.25) is 0 Å². The van der Waals surface area contributed by atoms with Crippen molar-refractivity contribution < 1.29 is 4.74 Å². The quantitative estimate of drug-likeness (QED) is 0.659. The molecule has 0 fully saturated rings. The number of ether oxygens (including phenoxy) is 1. The van der Waals surface area contributed by atoms with E-state index in [0.717, 1.165) is 13.2 Å². The predicted octanol–water partition coefficient (Wildman–Crippen LogP) is 1.74. The predicted molar refractivity (Wildman–Crippen MR) is 52.4 cm³/mol. The summed E-state index contributed by atoms with van der Waals surface area (Å²) in [7, 11) is 3.85. The summed E-state index contributed by atoms with van der Waals surface area (Å²) < 4.78 is 5.05. The van der Waals surface area contributed by atoms with E-state index in [1.165, 1.54) is 0 Å². The topological polar surface area (TPSA) is 12.5 Å². The molecule has 0 bridgehead atoms. The average Bonchev–Trinajstić information content (AvgIpc) is 1.86. The zero-order valence-electron chi connectivity index (χ0n) is 7.80. The van der Waals surface area contributed by atoms with Gasteiger partial charge in [-0.05, 0) is 14.0 Å². The first kappa shape index (κ1) is 11.4. The third-order valence-corrected chi connectivity index (χ3v) is 1.99. The Morgan fingerprint density at radius 3 is 2.36 bits per heavy atom. The van der Waals surface area contributed by atoms with Crippen molar-refractivity contribution in [2.75, 3.05) is 27.3 Å².